The van der Waals surface area contributed by atoms with Crippen molar-refractivity contribution in [2.24, 2.45) is 7.05 Å². The van der Waals surface area contributed by atoms with E-state index in [-0.39, 0.29) is 6.10 Å². The Morgan fingerprint density at radius 3 is 2.56 bits per heavy atom. The number of nitrogens with one attached hydrogen (secondary N) is 1. The highest BCUT2D eigenvalue weighted by atomic mass is 16.3. The van der Waals surface area contributed by atoms with E-state index in [9.17, 15) is 5.11 Å². The molecule has 1 aliphatic heterocycles. The fourth-order valence-electron chi connectivity index (χ4n) is 3.24. The van der Waals surface area contributed by atoms with E-state index in [4.69, 9.17) is 0 Å². The van der Waals surface area contributed by atoms with Crippen LogP contribution in [0.5, 0.6) is 0 Å². The number of benzene rings is 1. The Kier molecular flexibility index (Phi) is 4.01. The van der Waals surface area contributed by atoms with Crippen molar-refractivity contribution in [1.29, 1.82) is 0 Å². The van der Waals surface area contributed by atoms with Crippen LogP contribution in [-0.4, -0.2) is 44.0 Å². The molecule has 25 heavy (non-hydrogen) atoms. The lowest BCUT2D eigenvalue weighted by atomic mass is 10.1. The molecule has 1 aromatic carbocycles. The van der Waals surface area contributed by atoms with Gasteiger partial charge in [-0.05, 0) is 44.0 Å². The van der Waals surface area contributed by atoms with Crippen LogP contribution >= 0.6 is 0 Å². The Morgan fingerprint density at radius 1 is 1.12 bits per heavy atom. The van der Waals surface area contributed by atoms with Gasteiger partial charge in [-0.25, -0.2) is 9.97 Å². The van der Waals surface area contributed by atoms with Crippen molar-refractivity contribution in [2.45, 2.75) is 25.9 Å². The standard InChI is InChI=1S/C18H22N6O/c1-12-20-17(16-11-19-23(2)18(16)21-12)22-13-3-5-14(6-4-13)24-9-7-15(25)8-10-24/h3-6,11,15,25H,7-10H2,1-2H3,(H,20,21,22). The summed E-state index contributed by atoms with van der Waals surface area (Å²) in [5.41, 5.74) is 2.98. The molecule has 2 aromatic heterocycles. The van der Waals surface area contributed by atoms with Gasteiger partial charge < -0.3 is 15.3 Å². The number of aryl methyl sites for hydroxylation is 2. The van der Waals surface area contributed by atoms with Crippen molar-refractivity contribution >= 4 is 28.2 Å². The molecule has 1 aliphatic rings. The van der Waals surface area contributed by atoms with Crippen LogP contribution in [0.3, 0.4) is 0 Å². The average molecular weight is 338 g/mol. The molecule has 0 unspecified atom stereocenters. The molecule has 0 spiro atoms. The topological polar surface area (TPSA) is 79.1 Å². The molecule has 7 nitrogen and oxygen atoms in total. The molecule has 3 aromatic rings. The van der Waals surface area contributed by atoms with Crippen molar-refractivity contribution in [3.63, 3.8) is 0 Å². The maximum Gasteiger partial charge on any atom is 0.163 e. The lowest BCUT2D eigenvalue weighted by Gasteiger charge is -2.31. The Hall–Kier alpha value is -2.67. The van der Waals surface area contributed by atoms with E-state index in [1.165, 1.54) is 5.69 Å². The molecule has 2 N–H and O–H groups in total. The summed E-state index contributed by atoms with van der Waals surface area (Å²) >= 11 is 0. The minimum atomic E-state index is -0.153. The number of piperidine rings is 1. The first-order chi connectivity index (χ1) is 12.1. The molecular weight excluding hydrogens is 316 g/mol. The molecule has 0 bridgehead atoms. The van der Waals surface area contributed by atoms with Gasteiger partial charge in [0.05, 0.1) is 17.7 Å². The maximum absolute atomic E-state index is 9.64. The van der Waals surface area contributed by atoms with Gasteiger partial charge in [-0.2, -0.15) is 5.10 Å². The van der Waals surface area contributed by atoms with Crippen molar-refractivity contribution in [3.05, 3.63) is 36.3 Å². The summed E-state index contributed by atoms with van der Waals surface area (Å²) in [6.45, 7) is 3.68. The van der Waals surface area contributed by atoms with Crippen molar-refractivity contribution in [1.82, 2.24) is 19.7 Å². The highest BCUT2D eigenvalue weighted by molar-refractivity contribution is 5.88. The van der Waals surface area contributed by atoms with Crippen molar-refractivity contribution in [3.8, 4) is 0 Å². The van der Waals surface area contributed by atoms with Gasteiger partial charge in [0.25, 0.3) is 0 Å². The lowest BCUT2D eigenvalue weighted by Crippen LogP contribution is -2.35. The number of anilines is 3. The van der Waals surface area contributed by atoms with E-state index >= 15 is 0 Å². The summed E-state index contributed by atoms with van der Waals surface area (Å²) in [7, 11) is 1.88. The summed E-state index contributed by atoms with van der Waals surface area (Å²) in [6, 6.07) is 8.32. The first-order valence-corrected chi connectivity index (χ1v) is 8.56. The Balaban J connectivity index is 1.56. The summed E-state index contributed by atoms with van der Waals surface area (Å²) in [6.07, 6.45) is 3.29. The average Bonchev–Trinajstić information content (AvgIpc) is 2.98. The van der Waals surface area contributed by atoms with Crippen LogP contribution in [-0.2, 0) is 7.05 Å². The van der Waals surface area contributed by atoms with Crippen molar-refractivity contribution < 1.29 is 5.11 Å². The Bertz CT molecular complexity index is 880. The lowest BCUT2D eigenvalue weighted by molar-refractivity contribution is 0.145. The number of fused-ring (bicyclic) bond motifs is 1. The molecule has 4 rings (SSSR count). The quantitative estimate of drug-likeness (QED) is 0.763. The third kappa shape index (κ3) is 3.15. The summed E-state index contributed by atoms with van der Waals surface area (Å²) in [5.74, 6) is 1.48. The summed E-state index contributed by atoms with van der Waals surface area (Å²) < 4.78 is 1.75. The summed E-state index contributed by atoms with van der Waals surface area (Å²) in [4.78, 5) is 11.3. The van der Waals surface area contributed by atoms with E-state index < -0.39 is 0 Å². The smallest absolute Gasteiger partial charge is 0.163 e. The number of hydrogen-bond donors (Lipinski definition) is 2. The predicted octanol–water partition coefficient (Wildman–Crippen LogP) is 2.38. The van der Waals surface area contributed by atoms with Gasteiger partial charge in [-0.3, -0.25) is 4.68 Å². The maximum atomic E-state index is 9.64. The minimum absolute atomic E-state index is 0.153. The minimum Gasteiger partial charge on any atom is -0.393 e. The molecule has 0 radical (unpaired) electrons. The van der Waals surface area contributed by atoms with Crippen LogP contribution in [0.4, 0.5) is 17.2 Å². The third-order valence-corrected chi connectivity index (χ3v) is 4.66. The van der Waals surface area contributed by atoms with Gasteiger partial charge in [0.1, 0.15) is 11.6 Å². The van der Waals surface area contributed by atoms with Crippen LogP contribution in [0, 0.1) is 6.92 Å². The van der Waals surface area contributed by atoms with Gasteiger partial charge in [-0.1, -0.05) is 0 Å². The van der Waals surface area contributed by atoms with Crippen LogP contribution in [0.2, 0.25) is 0 Å². The fourth-order valence-corrected chi connectivity index (χ4v) is 3.24. The van der Waals surface area contributed by atoms with Gasteiger partial charge in [0, 0.05) is 31.5 Å². The monoisotopic (exact) mass is 338 g/mol. The van der Waals surface area contributed by atoms with Crippen LogP contribution in [0.15, 0.2) is 30.5 Å². The number of hydrogen-bond acceptors (Lipinski definition) is 6. The van der Waals surface area contributed by atoms with Gasteiger partial charge in [0.2, 0.25) is 0 Å². The fraction of sp³-hybridized carbons (Fsp3) is 0.389. The SMILES string of the molecule is Cc1nc(Nc2ccc(N3CCC(O)CC3)cc2)c2cnn(C)c2n1. The second kappa shape index (κ2) is 6.33. The highest BCUT2D eigenvalue weighted by Gasteiger charge is 2.17. The van der Waals surface area contributed by atoms with Crippen molar-refractivity contribution in [2.75, 3.05) is 23.3 Å². The van der Waals surface area contributed by atoms with E-state index in [1.807, 2.05) is 14.0 Å². The van der Waals surface area contributed by atoms with E-state index in [0.717, 1.165) is 48.5 Å². The zero-order valence-corrected chi connectivity index (χ0v) is 14.5. The van der Waals surface area contributed by atoms with Crippen LogP contribution in [0.25, 0.3) is 11.0 Å². The molecule has 0 aliphatic carbocycles. The molecule has 7 heteroatoms. The normalized spacial score (nSPS) is 15.7. The summed E-state index contributed by atoms with van der Waals surface area (Å²) in [5, 5.41) is 18.2. The number of nitrogens with zero attached hydrogens (tertiary/aromatic N) is 5. The number of aliphatic hydroxyl groups is 1. The highest BCUT2D eigenvalue weighted by Crippen LogP contribution is 2.26. The zero-order valence-electron chi connectivity index (χ0n) is 14.5. The predicted molar refractivity (Wildman–Crippen MR) is 98.2 cm³/mol. The van der Waals surface area contributed by atoms with Crippen LogP contribution in [0.1, 0.15) is 18.7 Å². The van der Waals surface area contributed by atoms with E-state index in [0.29, 0.717) is 5.82 Å². The molecule has 3 heterocycles. The first kappa shape index (κ1) is 15.8. The first-order valence-electron chi connectivity index (χ1n) is 8.56. The van der Waals surface area contributed by atoms with Crippen LogP contribution < -0.4 is 10.2 Å². The number of aliphatic hydroxyl groups excluding tert-OH is 1. The Morgan fingerprint density at radius 2 is 1.84 bits per heavy atom. The van der Waals surface area contributed by atoms with Gasteiger partial charge in [0.15, 0.2) is 5.65 Å². The number of aromatic nitrogens is 4. The van der Waals surface area contributed by atoms with E-state index in [2.05, 4.69) is 49.5 Å². The van der Waals surface area contributed by atoms with E-state index in [1.54, 1.807) is 10.9 Å². The molecule has 130 valence electrons. The molecule has 0 saturated carbocycles. The third-order valence-electron chi connectivity index (χ3n) is 4.66. The molecule has 0 atom stereocenters. The largest absolute Gasteiger partial charge is 0.393 e. The molecule has 1 fully saturated rings. The Labute approximate surface area is 146 Å². The second-order valence-corrected chi connectivity index (χ2v) is 6.51. The molecule has 1 saturated heterocycles. The van der Waals surface area contributed by atoms with Gasteiger partial charge in [-0.15, -0.1) is 0 Å². The second-order valence-electron chi connectivity index (χ2n) is 6.51. The zero-order chi connectivity index (χ0) is 17.4. The number of rotatable bonds is 3. The molecular formula is C18H22N6O. The molecule has 0 amide bonds. The van der Waals surface area contributed by atoms with Gasteiger partial charge >= 0.3 is 0 Å².